The minimum atomic E-state index is 0.0726. The Morgan fingerprint density at radius 1 is 1.15 bits per heavy atom. The highest BCUT2D eigenvalue weighted by atomic mass is 79.9. The highest BCUT2D eigenvalue weighted by Crippen LogP contribution is 2.31. The van der Waals surface area contributed by atoms with E-state index in [1.807, 2.05) is 25.1 Å². The molecule has 1 unspecified atom stereocenters. The summed E-state index contributed by atoms with van der Waals surface area (Å²) in [6.45, 7) is 2.05. The standard InChI is InChI=1S/C14H14BrCl2N3/c1-8(9-4-3-5-10(15)6-9)19-14-12(17)7-11(16)13(18-2)20-14/h3-8H,1-2H3,(H2,18,19,20). The van der Waals surface area contributed by atoms with Gasteiger partial charge >= 0.3 is 0 Å². The molecule has 6 heteroatoms. The third kappa shape index (κ3) is 3.57. The first-order valence-electron chi connectivity index (χ1n) is 6.07. The summed E-state index contributed by atoms with van der Waals surface area (Å²) in [5, 5.41) is 7.22. The molecule has 0 spiro atoms. The largest absolute Gasteiger partial charge is 0.372 e. The van der Waals surface area contributed by atoms with E-state index in [1.165, 1.54) is 0 Å². The Kier molecular flexibility index (Phi) is 5.13. The first kappa shape index (κ1) is 15.4. The number of benzene rings is 1. The average Bonchev–Trinajstić information content (AvgIpc) is 2.41. The maximum Gasteiger partial charge on any atom is 0.147 e. The van der Waals surface area contributed by atoms with Crippen LogP contribution in [0.1, 0.15) is 18.5 Å². The molecule has 0 aliphatic heterocycles. The molecule has 0 aliphatic rings. The summed E-state index contributed by atoms with van der Waals surface area (Å²) in [6, 6.07) is 9.84. The number of rotatable bonds is 4. The number of pyridine rings is 1. The summed E-state index contributed by atoms with van der Waals surface area (Å²) in [7, 11) is 1.77. The van der Waals surface area contributed by atoms with E-state index in [1.54, 1.807) is 13.1 Å². The van der Waals surface area contributed by atoms with Crippen molar-refractivity contribution in [1.29, 1.82) is 0 Å². The molecule has 2 rings (SSSR count). The first-order chi connectivity index (χ1) is 9.51. The van der Waals surface area contributed by atoms with Crippen molar-refractivity contribution >= 4 is 50.8 Å². The summed E-state index contributed by atoms with van der Waals surface area (Å²) < 4.78 is 1.04. The smallest absolute Gasteiger partial charge is 0.147 e. The molecule has 0 radical (unpaired) electrons. The van der Waals surface area contributed by atoms with Gasteiger partial charge in [-0.1, -0.05) is 51.3 Å². The van der Waals surface area contributed by atoms with Crippen molar-refractivity contribution in [2.24, 2.45) is 0 Å². The fraction of sp³-hybridized carbons (Fsp3) is 0.214. The van der Waals surface area contributed by atoms with Crippen molar-refractivity contribution in [1.82, 2.24) is 4.98 Å². The molecule has 1 aromatic heterocycles. The third-order valence-corrected chi connectivity index (χ3v) is 3.94. The van der Waals surface area contributed by atoms with Crippen molar-refractivity contribution in [3.63, 3.8) is 0 Å². The molecule has 106 valence electrons. The number of anilines is 2. The van der Waals surface area contributed by atoms with Crippen LogP contribution in [0.15, 0.2) is 34.8 Å². The third-order valence-electron chi connectivity index (χ3n) is 2.87. The van der Waals surface area contributed by atoms with Gasteiger partial charge in [-0.3, -0.25) is 0 Å². The van der Waals surface area contributed by atoms with Crippen molar-refractivity contribution in [3.8, 4) is 0 Å². The zero-order valence-electron chi connectivity index (χ0n) is 11.0. The van der Waals surface area contributed by atoms with Crippen LogP contribution in [0.25, 0.3) is 0 Å². The van der Waals surface area contributed by atoms with Crippen molar-refractivity contribution in [2.45, 2.75) is 13.0 Å². The molecule has 0 saturated heterocycles. The lowest BCUT2D eigenvalue weighted by molar-refractivity contribution is 0.874. The Morgan fingerprint density at radius 3 is 2.50 bits per heavy atom. The van der Waals surface area contributed by atoms with Gasteiger partial charge in [0.2, 0.25) is 0 Å². The summed E-state index contributed by atoms with van der Waals surface area (Å²) in [5.41, 5.74) is 1.14. The molecule has 3 nitrogen and oxygen atoms in total. The lowest BCUT2D eigenvalue weighted by Gasteiger charge is -2.17. The van der Waals surface area contributed by atoms with E-state index >= 15 is 0 Å². The van der Waals surface area contributed by atoms with E-state index in [0.29, 0.717) is 21.7 Å². The van der Waals surface area contributed by atoms with Crippen LogP contribution in [-0.4, -0.2) is 12.0 Å². The molecule has 1 atom stereocenters. The number of aromatic nitrogens is 1. The molecular formula is C14H14BrCl2N3. The van der Waals surface area contributed by atoms with Crippen LogP contribution >= 0.6 is 39.1 Å². The van der Waals surface area contributed by atoms with Gasteiger partial charge in [0.15, 0.2) is 0 Å². The van der Waals surface area contributed by atoms with Crippen LogP contribution in [0.3, 0.4) is 0 Å². The summed E-state index contributed by atoms with van der Waals surface area (Å²) in [4.78, 5) is 4.38. The van der Waals surface area contributed by atoms with E-state index in [-0.39, 0.29) is 6.04 Å². The van der Waals surface area contributed by atoms with Gasteiger partial charge in [-0.05, 0) is 30.7 Å². The summed E-state index contributed by atoms with van der Waals surface area (Å²) in [6.07, 6.45) is 0. The number of hydrogen-bond donors (Lipinski definition) is 2. The van der Waals surface area contributed by atoms with Gasteiger partial charge in [-0.25, -0.2) is 4.98 Å². The minimum Gasteiger partial charge on any atom is -0.372 e. The molecule has 1 aromatic carbocycles. The van der Waals surface area contributed by atoms with Crippen LogP contribution in [0.4, 0.5) is 11.6 Å². The lowest BCUT2D eigenvalue weighted by Crippen LogP contribution is -2.09. The van der Waals surface area contributed by atoms with Crippen LogP contribution in [0.5, 0.6) is 0 Å². The normalized spacial score (nSPS) is 12.1. The lowest BCUT2D eigenvalue weighted by atomic mass is 10.1. The van der Waals surface area contributed by atoms with Gasteiger partial charge in [0.1, 0.15) is 11.6 Å². The van der Waals surface area contributed by atoms with Gasteiger partial charge < -0.3 is 10.6 Å². The maximum atomic E-state index is 6.17. The fourth-order valence-corrected chi connectivity index (χ4v) is 2.73. The molecular weight excluding hydrogens is 361 g/mol. The molecule has 20 heavy (non-hydrogen) atoms. The van der Waals surface area contributed by atoms with Crippen LogP contribution < -0.4 is 10.6 Å². The first-order valence-corrected chi connectivity index (χ1v) is 7.62. The van der Waals surface area contributed by atoms with E-state index in [9.17, 15) is 0 Å². The molecule has 0 saturated carbocycles. The van der Waals surface area contributed by atoms with Gasteiger partial charge in [0.25, 0.3) is 0 Å². The number of halogens is 3. The van der Waals surface area contributed by atoms with Crippen molar-refractivity contribution in [3.05, 3.63) is 50.4 Å². The molecule has 0 bridgehead atoms. The molecule has 0 fully saturated rings. The second-order valence-electron chi connectivity index (χ2n) is 4.32. The maximum absolute atomic E-state index is 6.17. The molecule has 2 N–H and O–H groups in total. The second-order valence-corrected chi connectivity index (χ2v) is 6.05. The number of nitrogens with one attached hydrogen (secondary N) is 2. The summed E-state index contributed by atoms with van der Waals surface area (Å²) >= 11 is 15.7. The SMILES string of the molecule is CNc1nc(NC(C)c2cccc(Br)c2)c(Cl)cc1Cl. The van der Waals surface area contributed by atoms with E-state index in [4.69, 9.17) is 23.2 Å². The second kappa shape index (κ2) is 6.66. The predicted octanol–water partition coefficient (Wildman–Crippen LogP) is 5.37. The van der Waals surface area contributed by atoms with Crippen molar-refractivity contribution in [2.75, 3.05) is 17.7 Å². The Labute approximate surface area is 136 Å². The van der Waals surface area contributed by atoms with E-state index in [0.717, 1.165) is 10.0 Å². The summed E-state index contributed by atoms with van der Waals surface area (Å²) in [5.74, 6) is 1.20. The number of hydrogen-bond acceptors (Lipinski definition) is 3. The van der Waals surface area contributed by atoms with Crippen molar-refractivity contribution < 1.29 is 0 Å². The van der Waals surface area contributed by atoms with E-state index in [2.05, 4.69) is 37.6 Å². The van der Waals surface area contributed by atoms with Crippen LogP contribution in [0.2, 0.25) is 10.0 Å². The van der Waals surface area contributed by atoms with Crippen LogP contribution in [0, 0.1) is 0 Å². The Bertz CT molecular complexity index is 619. The minimum absolute atomic E-state index is 0.0726. The Balaban J connectivity index is 2.25. The zero-order valence-corrected chi connectivity index (χ0v) is 14.1. The highest BCUT2D eigenvalue weighted by Gasteiger charge is 2.12. The predicted molar refractivity (Wildman–Crippen MR) is 90.0 cm³/mol. The Morgan fingerprint density at radius 2 is 1.85 bits per heavy atom. The molecule has 1 heterocycles. The zero-order chi connectivity index (χ0) is 14.7. The number of nitrogens with zero attached hydrogens (tertiary/aromatic N) is 1. The van der Waals surface area contributed by atoms with E-state index < -0.39 is 0 Å². The fourth-order valence-electron chi connectivity index (χ4n) is 1.81. The quantitative estimate of drug-likeness (QED) is 0.755. The van der Waals surface area contributed by atoms with Gasteiger partial charge in [-0.15, -0.1) is 0 Å². The molecule has 2 aromatic rings. The van der Waals surface area contributed by atoms with Gasteiger partial charge in [0, 0.05) is 11.5 Å². The van der Waals surface area contributed by atoms with Crippen LogP contribution in [-0.2, 0) is 0 Å². The van der Waals surface area contributed by atoms with Gasteiger partial charge in [-0.2, -0.15) is 0 Å². The molecule has 0 aliphatic carbocycles. The monoisotopic (exact) mass is 373 g/mol. The topological polar surface area (TPSA) is 37.0 Å². The highest BCUT2D eigenvalue weighted by molar-refractivity contribution is 9.10. The Hall–Kier alpha value is -0.970. The molecule has 0 amide bonds. The average molecular weight is 375 g/mol. The van der Waals surface area contributed by atoms with Gasteiger partial charge in [0.05, 0.1) is 16.1 Å².